The van der Waals surface area contributed by atoms with Crippen LogP contribution in [-0.4, -0.2) is 266 Å². The van der Waals surface area contributed by atoms with Crippen molar-refractivity contribution in [1.82, 2.24) is 46.6 Å². The number of aliphatic hydroxyl groups excluding tert-OH is 8. The van der Waals surface area contributed by atoms with E-state index in [0.29, 0.717) is 6.04 Å². The van der Waals surface area contributed by atoms with E-state index in [1.54, 1.807) is 12.1 Å². The number of fused-ring (bicyclic) bond motifs is 2. The van der Waals surface area contributed by atoms with Gasteiger partial charge in [0, 0.05) is 88.3 Å². The van der Waals surface area contributed by atoms with Crippen LogP contribution < -0.4 is 41.0 Å². The molecule has 13 atom stereocenters. The number of carbonyl (C=O) groups is 7. The minimum Gasteiger partial charge on any atom is -0.504 e. The van der Waals surface area contributed by atoms with E-state index < -0.39 is 201 Å². The Kier molecular flexibility index (Phi) is 26.4. The molecule has 548 valence electrons. The second kappa shape index (κ2) is 34.2. The molecule has 30 nitrogen and oxygen atoms in total. The summed E-state index contributed by atoms with van der Waals surface area (Å²) in [7, 11) is 0. The number of aromatic hydroxyl groups is 1. The van der Waals surface area contributed by atoms with Crippen LogP contribution in [0.1, 0.15) is 107 Å². The molecule has 0 spiro atoms. The van der Waals surface area contributed by atoms with Gasteiger partial charge in [0.25, 0.3) is 17.1 Å². The van der Waals surface area contributed by atoms with Gasteiger partial charge in [-0.05, 0) is 129 Å². The van der Waals surface area contributed by atoms with E-state index in [-0.39, 0.29) is 24.2 Å². The van der Waals surface area contributed by atoms with E-state index in [2.05, 4.69) is 64.9 Å². The van der Waals surface area contributed by atoms with Crippen molar-refractivity contribution in [1.29, 1.82) is 0 Å². The predicted molar refractivity (Wildman–Crippen MR) is 362 cm³/mol. The number of phenolic OH excluding ortho intramolecular Hbond substituents is 1. The number of hydrogen-bond acceptors (Lipinski definition) is 23. The maximum absolute atomic E-state index is 15.0. The topological polar surface area (TPSA) is 457 Å². The molecule has 0 radical (unpaired) electrons. The molecule has 6 aliphatic rings. The monoisotopic (exact) mass is 1410 g/mol. The van der Waals surface area contributed by atoms with Crippen LogP contribution in [0, 0.1) is 23.7 Å². The highest BCUT2D eigenvalue weighted by Crippen LogP contribution is 2.43. The molecular formula is C68H100N10O20S. The molecule has 0 bridgehead atoms. The number of piperazine rings is 1. The van der Waals surface area contributed by atoms with Crippen LogP contribution in [0.25, 0.3) is 11.1 Å². The highest BCUT2D eigenvalue weighted by molar-refractivity contribution is 8.15. The minimum atomic E-state index is -4.74. The first-order valence-corrected chi connectivity index (χ1v) is 35.9. The Labute approximate surface area is 577 Å². The molecule has 0 unspecified atom stereocenters. The van der Waals surface area contributed by atoms with E-state index in [1.807, 2.05) is 12.1 Å². The fraction of sp³-hybridized carbons (Fsp3) is 0.632. The summed E-state index contributed by atoms with van der Waals surface area (Å²) in [4.78, 5) is 109. The number of aliphatic hydroxyl groups is 8. The van der Waals surface area contributed by atoms with E-state index in [4.69, 9.17) is 0 Å². The lowest BCUT2D eigenvalue weighted by molar-refractivity contribution is -0.147. The van der Waals surface area contributed by atoms with Crippen molar-refractivity contribution in [3.05, 3.63) is 77.9 Å². The lowest BCUT2D eigenvalue weighted by Gasteiger charge is -2.44. The molecule has 31 heteroatoms. The fourth-order valence-corrected chi connectivity index (χ4v) is 15.3. The molecule has 18 N–H and O–H groups in total. The number of carbonyl (C=O) groups excluding carboxylic acids is 7. The maximum Gasteiger partial charge on any atom is 0.266 e. The molecule has 3 aromatic rings. The van der Waals surface area contributed by atoms with Crippen molar-refractivity contribution in [2.45, 2.75) is 183 Å². The summed E-state index contributed by atoms with van der Waals surface area (Å²) in [5.41, 5.74) is 2.76. The molecular weight excluding hydrogens is 1310 g/mol. The van der Waals surface area contributed by atoms with Crippen molar-refractivity contribution in [3.8, 4) is 22.6 Å². The van der Waals surface area contributed by atoms with Crippen molar-refractivity contribution >= 4 is 58.2 Å². The van der Waals surface area contributed by atoms with Crippen LogP contribution in [0.3, 0.4) is 0 Å². The van der Waals surface area contributed by atoms with Gasteiger partial charge in [-0.1, -0.05) is 57.0 Å². The molecule has 99 heavy (non-hydrogen) atoms. The molecule has 2 saturated carbocycles. The van der Waals surface area contributed by atoms with Crippen molar-refractivity contribution in [3.63, 3.8) is 0 Å². The Bertz CT molecular complexity index is 3230. The average Bonchev–Trinajstić information content (AvgIpc) is 1.69. The first-order chi connectivity index (χ1) is 47.1. The van der Waals surface area contributed by atoms with E-state index in [1.165, 1.54) is 76.5 Å². The minimum absolute atomic E-state index is 0.0548. The van der Waals surface area contributed by atoms with Gasteiger partial charge in [-0.2, -0.15) is 0 Å². The third-order valence-corrected chi connectivity index (χ3v) is 21.1. The molecule has 7 amide bonds. The molecule has 4 heterocycles. The Morgan fingerprint density at radius 3 is 1.88 bits per heavy atom. The molecule has 4 aliphatic heterocycles. The van der Waals surface area contributed by atoms with Gasteiger partial charge >= 0.3 is 0 Å². The quantitative estimate of drug-likeness (QED) is 0.0710. The number of nitrogens with zero attached hydrogens (tertiary/aromatic N) is 4. The van der Waals surface area contributed by atoms with Crippen molar-refractivity contribution in [2.75, 3.05) is 70.5 Å². The van der Waals surface area contributed by atoms with Gasteiger partial charge in [-0.25, -0.2) is 0 Å². The van der Waals surface area contributed by atoms with Crippen LogP contribution in [0.4, 0.5) is 5.69 Å². The average molecular weight is 1410 g/mol. The largest absolute Gasteiger partial charge is 0.504 e. The lowest BCUT2D eigenvalue weighted by Crippen LogP contribution is -2.64. The predicted octanol–water partition coefficient (Wildman–Crippen LogP) is -0.635. The van der Waals surface area contributed by atoms with Gasteiger partial charge in [0.05, 0.1) is 55.9 Å². The second-order valence-electron chi connectivity index (χ2n) is 27.9. The Hall–Kier alpha value is -6.82. The van der Waals surface area contributed by atoms with Crippen LogP contribution in [0.2, 0.25) is 0 Å². The van der Waals surface area contributed by atoms with Crippen molar-refractivity contribution < 1.29 is 97.4 Å². The van der Waals surface area contributed by atoms with Gasteiger partial charge in [-0.3, -0.25) is 52.1 Å². The molecule has 3 aromatic carbocycles. The third kappa shape index (κ3) is 19.6. The smallest absolute Gasteiger partial charge is 0.266 e. The number of nitrogens with one attached hydrogen (secondary N) is 6. The second-order valence-corrected chi connectivity index (χ2v) is 29.0. The number of amides is 7. The zero-order chi connectivity index (χ0) is 71.6. The zero-order valence-electron chi connectivity index (χ0n) is 56.1. The molecule has 0 aromatic heterocycles. The summed E-state index contributed by atoms with van der Waals surface area (Å²) >= 11 is -4.74. The molecule has 4 saturated heterocycles. The van der Waals surface area contributed by atoms with E-state index in [0.717, 1.165) is 89.6 Å². The first kappa shape index (κ1) is 76.4. The summed E-state index contributed by atoms with van der Waals surface area (Å²) in [6.07, 6.45) is -2.17. The maximum atomic E-state index is 15.0. The van der Waals surface area contributed by atoms with E-state index >= 15 is 0 Å². The summed E-state index contributed by atoms with van der Waals surface area (Å²) in [6.45, 7) is 5.87. The molecule has 6 fully saturated rings. The number of hydrogen-bond donors (Lipinski definition) is 18. The fourth-order valence-electron chi connectivity index (χ4n) is 14.9. The van der Waals surface area contributed by atoms with Gasteiger partial charge in [0.2, 0.25) is 35.4 Å². The van der Waals surface area contributed by atoms with Crippen LogP contribution in [0.15, 0.2) is 66.7 Å². The zero-order valence-corrected chi connectivity index (χ0v) is 56.9. The van der Waals surface area contributed by atoms with Gasteiger partial charge in [0.15, 0.2) is 11.5 Å². The molecule has 9 rings (SSSR count). The number of benzene rings is 3. The van der Waals surface area contributed by atoms with Crippen LogP contribution in [0.5, 0.6) is 11.5 Å². The van der Waals surface area contributed by atoms with E-state index in [9.17, 15) is 93.2 Å². The SMILES string of the molecule is CC1CCC(C2CCC(N3CCN(c4ccc(-c5ccc(C(=O)N[C@H]6C[C@@H](O)CNC(=O)[C@@H]7[C@@H](O)[C@@H](C)CN7C(=O)[C@H]([C@H](O)CCNC(CO)CO)NC(=O)[C@H]([C@H](O)Cc7ccc(O)c(OS(O)(O)O)c7)NC(=O)[C@@H]7C[C@@H](O)CN7C(=O)[C@H]([C@@H](C)O)NC6=O)cc5)cc4)CC3)CC2)CC1. The van der Waals surface area contributed by atoms with Gasteiger partial charge in [-0.15, -0.1) is 0 Å². The summed E-state index contributed by atoms with van der Waals surface area (Å²) in [5, 5.41) is 114. The number of β-amino-alcohol motifs (C(OH)–C–C–N with tert-alkyl or cyclic N) is 1. The van der Waals surface area contributed by atoms with Gasteiger partial charge < -0.3 is 96.7 Å². The number of phenols is 1. The van der Waals surface area contributed by atoms with Crippen LogP contribution in [-0.2, 0) is 35.2 Å². The third-order valence-electron chi connectivity index (χ3n) is 20.7. The normalized spacial score (nSPS) is 30.2. The lowest BCUT2D eigenvalue weighted by atomic mass is 9.70. The number of rotatable bonds is 19. The molecule has 2 aliphatic carbocycles. The summed E-state index contributed by atoms with van der Waals surface area (Å²) < 4.78 is 33.4. The highest BCUT2D eigenvalue weighted by Gasteiger charge is 2.50. The Balaban J connectivity index is 0.944. The highest BCUT2D eigenvalue weighted by atomic mass is 32.3. The first-order valence-electron chi connectivity index (χ1n) is 34.5. The Morgan fingerprint density at radius 2 is 1.26 bits per heavy atom. The van der Waals surface area contributed by atoms with Crippen molar-refractivity contribution in [2.24, 2.45) is 23.7 Å². The number of anilines is 1. The van der Waals surface area contributed by atoms with Crippen LogP contribution >= 0.6 is 11.2 Å². The van der Waals surface area contributed by atoms with Gasteiger partial charge in [0.1, 0.15) is 36.3 Å². The summed E-state index contributed by atoms with van der Waals surface area (Å²) in [5.74, 6) is -7.67. The Morgan fingerprint density at radius 1 is 0.667 bits per heavy atom. The summed E-state index contributed by atoms with van der Waals surface area (Å²) in [6, 6.07) is 5.95. The standard InChI is InChI=1S/C68H100N10O20S/c1-37-4-7-41(8-5-37)43-13-17-47(18-14-43)75-24-26-76(27-25-75)48-19-15-44(16-20-48)42-9-11-45(12-10-42)62(88)71-51-30-49(82)32-70-66(92)60-61(87)38(2)33-78(60)68(94)59(54(85)22-23-69-46(35-79)36-80)74-65(91)58(55(86)28-40-6-21-53(84)56(29-40)98-99(95,96)97)73-64(90)52-31-50(83)34-77(52)67(93)57(39(3)81)72-63(51)89/h6,9-12,15-16,19-21,29,37-39,41,43,46-47,49-52,54-55,57-61,69,79-87,95-97H,4-5,7-8,13-14,17-18,22-28,30-36H2,1-3H3,(H,70,92)(H,71,88)(H,72,89)(H,73,90)(H,74,91)/t37?,38-,39+,41?,43?,47?,49+,50+,51-,52-,54+,55+,57-,58-,59-,60-,61-/m0/s1.